The molecule has 37 valence electrons. The van der Waals surface area contributed by atoms with Crippen molar-refractivity contribution in [2.75, 3.05) is 6.61 Å². The fourth-order valence-corrected chi connectivity index (χ4v) is 0.739. The normalized spacial score (nSPS) is 11.0. The van der Waals surface area contributed by atoms with Crippen LogP contribution in [-0.4, -0.2) is 16.4 Å². The molecule has 0 saturated heterocycles. The largest absolute Gasteiger partial charge is 0.424 e. The van der Waals surface area contributed by atoms with Crippen molar-refractivity contribution in [3.63, 3.8) is 0 Å². The van der Waals surface area contributed by atoms with E-state index in [1.54, 1.807) is 0 Å². The van der Waals surface area contributed by atoms with E-state index < -0.39 is 0 Å². The van der Waals surface area contributed by atoms with Crippen molar-refractivity contribution < 1.29 is 4.43 Å². The van der Waals surface area contributed by atoms with Gasteiger partial charge in [-0.2, -0.15) is 0 Å². The van der Waals surface area contributed by atoms with Crippen LogP contribution in [0.15, 0.2) is 0 Å². The molecule has 0 aliphatic heterocycles. The zero-order valence-electron chi connectivity index (χ0n) is 4.24. The zero-order chi connectivity index (χ0) is 4.83. The average Bonchev–Trinajstić information content (AvgIpc) is 1.61. The Balaban J connectivity index is 2.34. The summed E-state index contributed by atoms with van der Waals surface area (Å²) in [4.78, 5) is 0. The highest BCUT2D eigenvalue weighted by Crippen LogP contribution is 1.72. The molecule has 0 amide bonds. The smallest absolute Gasteiger partial charge is 0.161 e. The van der Waals surface area contributed by atoms with Gasteiger partial charge in [-0.25, -0.2) is 0 Å². The summed E-state index contributed by atoms with van der Waals surface area (Å²) < 4.78 is 5.06. The minimum atomic E-state index is -0.189. The van der Waals surface area contributed by atoms with Crippen LogP contribution in [0.2, 0.25) is 6.04 Å². The third-order valence-corrected chi connectivity index (χ3v) is 1.48. The Morgan fingerprint density at radius 1 is 1.83 bits per heavy atom. The lowest BCUT2D eigenvalue weighted by atomic mass is 10.9. The molecule has 0 heterocycles. The van der Waals surface area contributed by atoms with E-state index in [2.05, 4.69) is 6.92 Å². The maximum absolute atomic E-state index is 5.06. The summed E-state index contributed by atoms with van der Waals surface area (Å²) in [5, 5.41) is 0. The molecule has 0 saturated carbocycles. The van der Waals surface area contributed by atoms with Crippen molar-refractivity contribution in [1.29, 1.82) is 0 Å². The molecule has 0 aliphatic rings. The second-order valence-electron chi connectivity index (χ2n) is 1.05. The summed E-state index contributed by atoms with van der Waals surface area (Å²) in [5.74, 6) is 0. The van der Waals surface area contributed by atoms with Crippen molar-refractivity contribution in [2.24, 2.45) is 0 Å². The second kappa shape index (κ2) is 5.18. The lowest BCUT2D eigenvalue weighted by Crippen LogP contribution is -1.93. The molecular formula is C4H11OSi. The van der Waals surface area contributed by atoms with E-state index in [9.17, 15) is 0 Å². The molecule has 0 spiro atoms. The molecule has 2 heteroatoms. The highest BCUT2D eigenvalue weighted by Gasteiger charge is 1.75. The van der Waals surface area contributed by atoms with Gasteiger partial charge in [0.2, 0.25) is 0 Å². The SMILES string of the molecule is [CH2]C[SiH2]OCC. The molecule has 0 aromatic heterocycles. The van der Waals surface area contributed by atoms with Crippen LogP contribution in [0.1, 0.15) is 6.92 Å². The summed E-state index contributed by atoms with van der Waals surface area (Å²) >= 11 is 0. The van der Waals surface area contributed by atoms with Gasteiger partial charge in [-0.3, -0.25) is 0 Å². The van der Waals surface area contributed by atoms with Crippen LogP contribution in [0.3, 0.4) is 0 Å². The lowest BCUT2D eigenvalue weighted by Gasteiger charge is -1.90. The summed E-state index contributed by atoms with van der Waals surface area (Å²) in [6.45, 7) is 6.55. The van der Waals surface area contributed by atoms with Crippen LogP contribution in [0.25, 0.3) is 0 Å². The van der Waals surface area contributed by atoms with E-state index in [4.69, 9.17) is 4.43 Å². The maximum Gasteiger partial charge on any atom is 0.161 e. The molecule has 0 unspecified atom stereocenters. The number of hydrogen-bond donors (Lipinski definition) is 0. The van der Waals surface area contributed by atoms with Gasteiger partial charge in [0.15, 0.2) is 9.76 Å². The molecule has 0 aromatic carbocycles. The standard InChI is InChI=1S/C4H11OSi/c1-3-5-6-4-2/h2-4,6H2,1H3. The van der Waals surface area contributed by atoms with Gasteiger partial charge in [0, 0.05) is 6.61 Å². The van der Waals surface area contributed by atoms with Crippen LogP contribution in [0, 0.1) is 6.92 Å². The highest BCUT2D eigenvalue weighted by atomic mass is 28.2. The average molecular weight is 103 g/mol. The van der Waals surface area contributed by atoms with Gasteiger partial charge in [0.25, 0.3) is 0 Å². The molecule has 6 heavy (non-hydrogen) atoms. The Kier molecular flexibility index (Phi) is 5.33. The van der Waals surface area contributed by atoms with Gasteiger partial charge in [-0.15, -0.1) is 0 Å². The Labute approximate surface area is 41.6 Å². The predicted molar refractivity (Wildman–Crippen MR) is 30.3 cm³/mol. The maximum atomic E-state index is 5.06. The summed E-state index contributed by atoms with van der Waals surface area (Å²) in [6.07, 6.45) is 0. The first-order valence-electron chi connectivity index (χ1n) is 2.28. The second-order valence-corrected chi connectivity index (χ2v) is 2.57. The predicted octanol–water partition coefficient (Wildman–Crippen LogP) is 0.359. The molecule has 0 aliphatic carbocycles. The third-order valence-electron chi connectivity index (χ3n) is 0.493. The van der Waals surface area contributed by atoms with Crippen LogP contribution in [0.4, 0.5) is 0 Å². The fraction of sp³-hybridized carbons (Fsp3) is 0.750. The van der Waals surface area contributed by atoms with Gasteiger partial charge >= 0.3 is 0 Å². The van der Waals surface area contributed by atoms with Crippen molar-refractivity contribution in [2.45, 2.75) is 13.0 Å². The first-order chi connectivity index (χ1) is 2.91. The van der Waals surface area contributed by atoms with E-state index >= 15 is 0 Å². The number of rotatable bonds is 3. The van der Waals surface area contributed by atoms with E-state index in [0.29, 0.717) is 0 Å². The van der Waals surface area contributed by atoms with Gasteiger partial charge < -0.3 is 4.43 Å². The van der Waals surface area contributed by atoms with Crippen LogP contribution in [-0.2, 0) is 4.43 Å². The summed E-state index contributed by atoms with van der Waals surface area (Å²) in [5.41, 5.74) is 0. The van der Waals surface area contributed by atoms with E-state index in [1.165, 1.54) is 0 Å². The van der Waals surface area contributed by atoms with Crippen LogP contribution >= 0.6 is 0 Å². The Hall–Kier alpha value is 0.177. The molecule has 1 nitrogen and oxygen atoms in total. The Bertz CT molecular complexity index is 19.5. The molecule has 1 radical (unpaired) electrons. The van der Waals surface area contributed by atoms with Crippen LogP contribution in [0.5, 0.6) is 0 Å². The number of hydrogen-bond acceptors (Lipinski definition) is 1. The van der Waals surface area contributed by atoms with Gasteiger partial charge in [-0.1, -0.05) is 6.92 Å². The van der Waals surface area contributed by atoms with Crippen molar-refractivity contribution >= 4 is 9.76 Å². The summed E-state index contributed by atoms with van der Waals surface area (Å²) in [6, 6.07) is 1.02. The van der Waals surface area contributed by atoms with Gasteiger partial charge in [0.05, 0.1) is 0 Å². The van der Waals surface area contributed by atoms with E-state index in [0.717, 1.165) is 12.7 Å². The molecular weight excluding hydrogens is 92.1 g/mol. The van der Waals surface area contributed by atoms with Crippen molar-refractivity contribution in [1.82, 2.24) is 0 Å². The minimum Gasteiger partial charge on any atom is -0.424 e. The monoisotopic (exact) mass is 103 g/mol. The molecule has 0 bridgehead atoms. The molecule has 0 aromatic rings. The molecule has 0 fully saturated rings. The molecule has 0 N–H and O–H groups in total. The van der Waals surface area contributed by atoms with Crippen molar-refractivity contribution in [3.05, 3.63) is 6.92 Å². The van der Waals surface area contributed by atoms with E-state index in [-0.39, 0.29) is 9.76 Å². The minimum absolute atomic E-state index is 0.189. The highest BCUT2D eigenvalue weighted by molar-refractivity contribution is 6.27. The first kappa shape index (κ1) is 6.18. The topological polar surface area (TPSA) is 9.23 Å². The molecule has 0 atom stereocenters. The Morgan fingerprint density at radius 3 is 2.67 bits per heavy atom. The van der Waals surface area contributed by atoms with Crippen molar-refractivity contribution in [3.8, 4) is 0 Å². The van der Waals surface area contributed by atoms with Gasteiger partial charge in [0.1, 0.15) is 0 Å². The fourth-order valence-electron chi connectivity index (χ4n) is 0.246. The summed E-state index contributed by atoms with van der Waals surface area (Å²) in [7, 11) is -0.189. The van der Waals surface area contributed by atoms with E-state index in [1.807, 2.05) is 6.92 Å². The lowest BCUT2D eigenvalue weighted by molar-refractivity contribution is 0.362. The first-order valence-corrected chi connectivity index (χ1v) is 3.86. The zero-order valence-corrected chi connectivity index (χ0v) is 5.65. The van der Waals surface area contributed by atoms with Gasteiger partial charge in [-0.05, 0) is 13.0 Å². The quantitative estimate of drug-likeness (QED) is 0.370. The Morgan fingerprint density at radius 2 is 2.50 bits per heavy atom. The van der Waals surface area contributed by atoms with Crippen LogP contribution < -0.4 is 0 Å². The third kappa shape index (κ3) is 4.18. The molecule has 0 rings (SSSR count).